The van der Waals surface area contributed by atoms with Gasteiger partial charge < -0.3 is 4.74 Å². The molecule has 13 heavy (non-hydrogen) atoms. The van der Waals surface area contributed by atoms with Crippen LogP contribution in [0.5, 0.6) is 0 Å². The van der Waals surface area contributed by atoms with Crippen molar-refractivity contribution >= 4 is 51.2 Å². The predicted octanol–water partition coefficient (Wildman–Crippen LogP) is 3.70. The van der Waals surface area contributed by atoms with Crippen LogP contribution in [0, 0.1) is 0 Å². The molecule has 0 fully saturated rings. The molecule has 0 heterocycles. The molecule has 78 valence electrons. The van der Waals surface area contributed by atoms with E-state index in [0.29, 0.717) is 13.0 Å². The molecule has 0 aliphatic heterocycles. The maximum atomic E-state index is 10.9. The molecule has 0 spiro atoms. The van der Waals surface area contributed by atoms with E-state index in [0.717, 1.165) is 14.8 Å². The molecule has 0 aliphatic carbocycles. The highest BCUT2D eigenvalue weighted by atomic mass is 127. The van der Waals surface area contributed by atoms with Crippen LogP contribution in [0.15, 0.2) is 0 Å². The zero-order chi connectivity index (χ0) is 10.1. The Kier molecular flexibility index (Phi) is 10.2. The maximum absolute atomic E-state index is 10.9. The fourth-order valence-electron chi connectivity index (χ4n) is 0.978. The van der Waals surface area contributed by atoms with E-state index in [9.17, 15) is 4.79 Å². The molecule has 0 saturated carbocycles. The van der Waals surface area contributed by atoms with Gasteiger partial charge in [-0.1, -0.05) is 58.0 Å². The van der Waals surface area contributed by atoms with E-state index >= 15 is 0 Å². The van der Waals surface area contributed by atoms with Crippen molar-refractivity contribution in [1.82, 2.24) is 0 Å². The van der Waals surface area contributed by atoms with Crippen molar-refractivity contribution in [3.8, 4) is 0 Å². The second-order valence-corrected chi connectivity index (χ2v) is 8.19. The van der Waals surface area contributed by atoms with Crippen LogP contribution in [0.1, 0.15) is 39.0 Å². The monoisotopic (exact) mass is 410 g/mol. The van der Waals surface area contributed by atoms with Gasteiger partial charge in [0.2, 0.25) is 0 Å². The zero-order valence-corrected chi connectivity index (χ0v) is 12.2. The molecule has 0 aliphatic rings. The molecule has 0 amide bonds. The van der Waals surface area contributed by atoms with Gasteiger partial charge >= 0.3 is 5.97 Å². The molecule has 0 aromatic rings. The van der Waals surface area contributed by atoms with Crippen LogP contribution in [-0.2, 0) is 9.53 Å². The van der Waals surface area contributed by atoms with Crippen molar-refractivity contribution in [1.29, 1.82) is 0 Å². The van der Waals surface area contributed by atoms with E-state index in [-0.39, 0.29) is 5.97 Å². The number of rotatable bonds is 7. The molecule has 0 radical (unpaired) electrons. The summed E-state index contributed by atoms with van der Waals surface area (Å²) in [6.45, 7) is 2.34. The lowest BCUT2D eigenvalue weighted by Gasteiger charge is -2.02. The Hall–Kier alpha value is 0.930. The summed E-state index contributed by atoms with van der Waals surface area (Å²) in [7, 11) is 0. The molecule has 0 atom stereocenters. The Morgan fingerprint density at radius 3 is 2.54 bits per heavy atom. The van der Waals surface area contributed by atoms with Gasteiger partial charge in [0.1, 0.15) is 0 Å². The average Bonchev–Trinajstić information content (AvgIpc) is 2.03. The molecule has 0 N–H and O–H groups in total. The van der Waals surface area contributed by atoms with E-state index < -0.39 is 0 Å². The minimum atomic E-state index is -0.0528. The lowest BCUT2D eigenvalue weighted by Crippen LogP contribution is -2.03. The van der Waals surface area contributed by atoms with Crippen molar-refractivity contribution < 1.29 is 9.53 Å². The number of hydrogen-bond donors (Lipinski definition) is 0. The van der Waals surface area contributed by atoms with Crippen molar-refractivity contribution in [3.05, 3.63) is 0 Å². The smallest absolute Gasteiger partial charge is 0.305 e. The lowest BCUT2D eigenvalue weighted by molar-refractivity contribution is -0.143. The lowest BCUT2D eigenvalue weighted by atomic mass is 10.2. The van der Waals surface area contributed by atoms with Crippen molar-refractivity contribution in [2.75, 3.05) is 6.61 Å². The number of esters is 1. The SMILES string of the molecule is CCOC(=O)CCCCCC(I)I. The standard InChI is InChI=1S/C9H16I2O2/c1-2-13-9(12)7-5-3-4-6-8(10)11/h8H,2-7H2,1H3. The first-order chi connectivity index (χ1) is 6.16. The normalized spacial score (nSPS) is 10.5. The minimum absolute atomic E-state index is 0.0528. The first-order valence-electron chi connectivity index (χ1n) is 4.60. The van der Waals surface area contributed by atoms with Gasteiger partial charge in [-0.15, -0.1) is 0 Å². The Bertz CT molecular complexity index is 138. The number of alkyl halides is 2. The Morgan fingerprint density at radius 2 is 2.00 bits per heavy atom. The largest absolute Gasteiger partial charge is 0.466 e. The summed E-state index contributed by atoms with van der Waals surface area (Å²) in [4.78, 5) is 10.9. The van der Waals surface area contributed by atoms with Gasteiger partial charge in [0.05, 0.1) is 8.54 Å². The number of carbonyl (C=O) groups is 1. The summed E-state index contributed by atoms with van der Waals surface area (Å²) in [5.41, 5.74) is 0. The van der Waals surface area contributed by atoms with Gasteiger partial charge in [0, 0.05) is 6.42 Å². The molecular weight excluding hydrogens is 394 g/mol. The van der Waals surface area contributed by atoms with E-state index in [1.165, 1.54) is 12.8 Å². The second kappa shape index (κ2) is 9.48. The van der Waals surface area contributed by atoms with Gasteiger partial charge in [0.15, 0.2) is 0 Å². The molecule has 4 heteroatoms. The van der Waals surface area contributed by atoms with Crippen LogP contribution in [-0.4, -0.2) is 14.5 Å². The summed E-state index contributed by atoms with van der Waals surface area (Å²) in [5, 5.41) is 0. The third-order valence-electron chi connectivity index (χ3n) is 1.61. The van der Waals surface area contributed by atoms with Gasteiger partial charge in [-0.2, -0.15) is 0 Å². The van der Waals surface area contributed by atoms with Crippen LogP contribution >= 0.6 is 45.2 Å². The van der Waals surface area contributed by atoms with E-state index in [1.807, 2.05) is 6.92 Å². The molecule has 0 aromatic carbocycles. The quantitative estimate of drug-likeness (QED) is 0.277. The molecular formula is C9H16I2O2. The number of carbonyl (C=O) groups excluding carboxylic acids is 1. The van der Waals surface area contributed by atoms with Gasteiger partial charge in [0.25, 0.3) is 0 Å². The molecule has 2 nitrogen and oxygen atoms in total. The molecule has 0 saturated heterocycles. The zero-order valence-electron chi connectivity index (χ0n) is 7.89. The van der Waals surface area contributed by atoms with Crippen molar-refractivity contribution in [2.45, 2.75) is 41.0 Å². The summed E-state index contributed by atoms with van der Waals surface area (Å²) in [6, 6.07) is 0. The van der Waals surface area contributed by atoms with Crippen LogP contribution < -0.4 is 0 Å². The van der Waals surface area contributed by atoms with Gasteiger partial charge in [-0.25, -0.2) is 0 Å². The molecule has 0 rings (SSSR count). The number of hydrogen-bond acceptors (Lipinski definition) is 2. The summed E-state index contributed by atoms with van der Waals surface area (Å²) in [5.74, 6) is -0.0528. The fourth-order valence-corrected chi connectivity index (χ4v) is 1.86. The third-order valence-corrected chi connectivity index (χ3v) is 2.85. The topological polar surface area (TPSA) is 26.3 Å². The summed E-state index contributed by atoms with van der Waals surface area (Å²) in [6.07, 6.45) is 5.15. The second-order valence-electron chi connectivity index (χ2n) is 2.80. The predicted molar refractivity (Wildman–Crippen MR) is 71.5 cm³/mol. The Balaban J connectivity index is 3.11. The highest BCUT2D eigenvalue weighted by Gasteiger charge is 2.01. The van der Waals surface area contributed by atoms with Crippen LogP contribution in [0.3, 0.4) is 0 Å². The third kappa shape index (κ3) is 10.9. The van der Waals surface area contributed by atoms with Gasteiger partial charge in [-0.05, 0) is 19.8 Å². The van der Waals surface area contributed by atoms with E-state index in [4.69, 9.17) is 4.74 Å². The Morgan fingerprint density at radius 1 is 1.31 bits per heavy atom. The first-order valence-corrected chi connectivity index (χ1v) is 7.09. The average molecular weight is 410 g/mol. The van der Waals surface area contributed by atoms with Crippen LogP contribution in [0.4, 0.5) is 0 Å². The minimum Gasteiger partial charge on any atom is -0.466 e. The van der Waals surface area contributed by atoms with E-state index in [1.54, 1.807) is 0 Å². The summed E-state index contributed by atoms with van der Waals surface area (Å²) < 4.78 is 5.55. The number of halogens is 2. The summed E-state index contributed by atoms with van der Waals surface area (Å²) >= 11 is 4.83. The first kappa shape index (κ1) is 13.9. The molecule has 0 unspecified atom stereocenters. The van der Waals surface area contributed by atoms with Crippen LogP contribution in [0.2, 0.25) is 0 Å². The van der Waals surface area contributed by atoms with Crippen molar-refractivity contribution in [3.63, 3.8) is 0 Å². The number of ether oxygens (including phenoxy) is 1. The number of unbranched alkanes of at least 4 members (excludes halogenated alkanes) is 2. The molecule has 0 aromatic heterocycles. The maximum Gasteiger partial charge on any atom is 0.305 e. The highest BCUT2D eigenvalue weighted by Crippen LogP contribution is 2.18. The van der Waals surface area contributed by atoms with E-state index in [2.05, 4.69) is 45.2 Å². The highest BCUT2D eigenvalue weighted by molar-refractivity contribution is 14.2. The van der Waals surface area contributed by atoms with Crippen LogP contribution in [0.25, 0.3) is 0 Å². The van der Waals surface area contributed by atoms with Gasteiger partial charge in [-0.3, -0.25) is 4.79 Å². The molecule has 0 bridgehead atoms. The Labute approximate surface area is 107 Å². The van der Waals surface area contributed by atoms with Crippen molar-refractivity contribution in [2.24, 2.45) is 0 Å². The fraction of sp³-hybridized carbons (Fsp3) is 0.889.